The van der Waals surface area contributed by atoms with E-state index in [2.05, 4.69) is 64.0 Å². The first-order chi connectivity index (χ1) is 34.3. The van der Waals surface area contributed by atoms with E-state index >= 15 is 0 Å². The number of piperazine rings is 1. The normalized spacial score (nSPS) is 19.7. The molecule has 0 radical (unpaired) electrons. The predicted octanol–water partition coefficient (Wildman–Crippen LogP) is 7.19. The number of alkyl halides is 3. The van der Waals surface area contributed by atoms with Crippen LogP contribution in [0.3, 0.4) is 0 Å². The predicted molar refractivity (Wildman–Crippen MR) is 275 cm³/mol. The molecule has 3 fully saturated rings. The van der Waals surface area contributed by atoms with E-state index in [9.17, 15) is 32.7 Å². The van der Waals surface area contributed by atoms with Crippen molar-refractivity contribution >= 4 is 40.0 Å². The van der Waals surface area contributed by atoms with Crippen molar-refractivity contribution in [3.63, 3.8) is 0 Å². The van der Waals surface area contributed by atoms with Gasteiger partial charge < -0.3 is 40.6 Å². The van der Waals surface area contributed by atoms with Crippen molar-refractivity contribution in [2.45, 2.75) is 104 Å². The molecule has 18 heteroatoms. The number of rotatable bonds is 17. The van der Waals surface area contributed by atoms with Gasteiger partial charge >= 0.3 is 6.36 Å². The monoisotopic (exact) mass is 1010 g/mol. The number of fused-ring (bicyclic) bond motifs is 1. The standard InChI is InChI=1S/C54H70F3N9O5S/c1-35(39-8-10-41(11-9-39)49-36(2)59-34-72-49)60-51(69)47-28-42(67)31-66(47)52(70)50(53(3,4)5)61-48(68)33-64-25-23-63(24-26-64)29-37-17-21-62(22-18-37)30-38-7-16-46-44(27-38)45(32-65(46)20-6-19-58)40-12-14-43(15-13-40)71-54(55,56)57/h7-16,27,32,34-35,37,42,47,50,67H,6,17-26,28-31,33,58H2,1-5H3,(H,60,69)(H,61,68)/t35?,42-,47+,50?/m0/s1. The Hall–Kier alpha value is -5.37. The molecule has 5 aromatic rings. The molecule has 388 valence electrons. The number of aliphatic hydroxyl groups excluding tert-OH is 1. The maximum atomic E-state index is 14.3. The number of nitrogens with zero attached hydrogens (tertiary/aromatic N) is 6. The van der Waals surface area contributed by atoms with Gasteiger partial charge in [-0.25, -0.2) is 4.98 Å². The first-order valence-corrected chi connectivity index (χ1v) is 26.1. The van der Waals surface area contributed by atoms with Crippen molar-refractivity contribution in [3.05, 3.63) is 95.3 Å². The Balaban J connectivity index is 0.793. The summed E-state index contributed by atoms with van der Waals surface area (Å²) in [7, 11) is 0. The first-order valence-electron chi connectivity index (χ1n) is 25.3. The van der Waals surface area contributed by atoms with Crippen LogP contribution >= 0.6 is 11.3 Å². The molecule has 8 rings (SSSR count). The molecule has 3 aliphatic rings. The van der Waals surface area contributed by atoms with E-state index in [-0.39, 0.29) is 49.0 Å². The summed E-state index contributed by atoms with van der Waals surface area (Å²) < 4.78 is 44.8. The topological polar surface area (TPSA) is 162 Å². The largest absolute Gasteiger partial charge is 0.573 e. The number of hydrogen-bond donors (Lipinski definition) is 4. The van der Waals surface area contributed by atoms with Crippen molar-refractivity contribution < 1.29 is 37.4 Å². The van der Waals surface area contributed by atoms with Crippen LogP contribution in [0.1, 0.15) is 76.2 Å². The number of likely N-dealkylation sites (tertiary alicyclic amines) is 2. The van der Waals surface area contributed by atoms with Gasteiger partial charge in [0.2, 0.25) is 17.7 Å². The van der Waals surface area contributed by atoms with Crippen molar-refractivity contribution in [2.75, 3.05) is 65.4 Å². The van der Waals surface area contributed by atoms with Gasteiger partial charge in [-0.1, -0.05) is 63.2 Å². The molecule has 3 saturated heterocycles. The van der Waals surface area contributed by atoms with Gasteiger partial charge in [0, 0.05) is 81.4 Å². The van der Waals surface area contributed by atoms with Gasteiger partial charge in [0.25, 0.3) is 0 Å². The molecule has 0 aliphatic carbocycles. The van der Waals surface area contributed by atoms with Crippen molar-refractivity contribution in [1.29, 1.82) is 0 Å². The van der Waals surface area contributed by atoms with Crippen molar-refractivity contribution in [2.24, 2.45) is 17.1 Å². The molecule has 5 heterocycles. The Labute approximate surface area is 424 Å². The molecule has 0 spiro atoms. The van der Waals surface area contributed by atoms with Crippen LogP contribution in [0.5, 0.6) is 5.75 Å². The van der Waals surface area contributed by atoms with Gasteiger partial charge in [-0.15, -0.1) is 24.5 Å². The molecule has 5 N–H and O–H groups in total. The minimum Gasteiger partial charge on any atom is -0.406 e. The highest BCUT2D eigenvalue weighted by molar-refractivity contribution is 7.13. The van der Waals surface area contributed by atoms with Gasteiger partial charge in [0.05, 0.1) is 34.8 Å². The maximum Gasteiger partial charge on any atom is 0.573 e. The summed E-state index contributed by atoms with van der Waals surface area (Å²) in [5, 5.41) is 17.9. The molecular formula is C54H70F3N9O5S. The van der Waals surface area contributed by atoms with Gasteiger partial charge in [0.1, 0.15) is 17.8 Å². The van der Waals surface area contributed by atoms with E-state index in [1.807, 2.05) is 64.4 Å². The highest BCUT2D eigenvalue weighted by Crippen LogP contribution is 2.35. The summed E-state index contributed by atoms with van der Waals surface area (Å²) in [6.45, 7) is 17.9. The number of β-amino-alcohol motifs (C(OH)–C–C–N with tert-alkyl or cyclic N) is 1. The number of carbonyl (C=O) groups is 3. The van der Waals surface area contributed by atoms with E-state index in [0.29, 0.717) is 12.5 Å². The Morgan fingerprint density at radius 3 is 2.22 bits per heavy atom. The Morgan fingerprint density at radius 2 is 1.58 bits per heavy atom. The third kappa shape index (κ3) is 13.2. The summed E-state index contributed by atoms with van der Waals surface area (Å²) >= 11 is 1.58. The summed E-state index contributed by atoms with van der Waals surface area (Å²) in [5.41, 5.74) is 13.9. The number of halogens is 3. The molecular weight excluding hydrogens is 944 g/mol. The number of nitrogens with two attached hydrogens (primary N) is 1. The molecule has 3 aromatic carbocycles. The van der Waals surface area contributed by atoms with Crippen molar-refractivity contribution in [3.8, 4) is 27.3 Å². The van der Waals surface area contributed by atoms with Gasteiger partial charge in [-0.3, -0.25) is 24.2 Å². The van der Waals surface area contributed by atoms with Crippen LogP contribution in [0.15, 0.2) is 78.4 Å². The summed E-state index contributed by atoms with van der Waals surface area (Å²) in [6, 6.07) is 18.4. The highest BCUT2D eigenvalue weighted by Gasteiger charge is 2.45. The minimum absolute atomic E-state index is 0.0100. The van der Waals surface area contributed by atoms with Crippen LogP contribution in [0.4, 0.5) is 13.2 Å². The summed E-state index contributed by atoms with van der Waals surface area (Å²) in [4.78, 5) is 55.7. The fraction of sp³-hybridized carbons (Fsp3) is 0.519. The third-order valence-corrected chi connectivity index (χ3v) is 15.4. The van der Waals surface area contributed by atoms with Crippen molar-refractivity contribution in [1.82, 2.24) is 39.8 Å². The number of aromatic nitrogens is 2. The van der Waals surface area contributed by atoms with Gasteiger partial charge in [-0.05, 0) is 111 Å². The first kappa shape index (κ1) is 52.9. The molecule has 3 aliphatic heterocycles. The van der Waals surface area contributed by atoms with Crippen LogP contribution in [0.25, 0.3) is 32.5 Å². The zero-order valence-corrected chi connectivity index (χ0v) is 42.9. The SMILES string of the molecule is Cc1ncsc1-c1ccc(C(C)NC(=O)[C@H]2C[C@H](O)CN2C(=O)C(NC(=O)CN2CCN(CC3CCN(Cc4ccc5c(c4)c(-c4ccc(OC(F)(F)F)cc4)cn5CCCN)CC3)CC2)C(C)(C)C)cc1. The van der Waals surface area contributed by atoms with E-state index in [1.54, 1.807) is 23.5 Å². The number of nitrogens with one attached hydrogen (secondary N) is 2. The average Bonchev–Trinajstić information content (AvgIpc) is 4.06. The number of aliphatic hydroxyl groups is 1. The number of carbonyl (C=O) groups excluding carboxylic acids is 3. The van der Waals surface area contributed by atoms with Crippen LogP contribution in [-0.2, 0) is 27.5 Å². The van der Waals surface area contributed by atoms with E-state index < -0.39 is 30.0 Å². The smallest absolute Gasteiger partial charge is 0.406 e. The van der Waals surface area contributed by atoms with Crippen LogP contribution in [-0.4, -0.2) is 142 Å². The summed E-state index contributed by atoms with van der Waals surface area (Å²) in [5.74, 6) is -0.659. The lowest BCUT2D eigenvalue weighted by molar-refractivity contribution is -0.274. The number of amides is 3. The van der Waals surface area contributed by atoms with Crippen LogP contribution in [0, 0.1) is 18.3 Å². The molecule has 14 nitrogen and oxygen atoms in total. The van der Waals surface area contributed by atoms with E-state index in [4.69, 9.17) is 5.73 Å². The van der Waals surface area contributed by atoms with Crippen LogP contribution in [0.2, 0.25) is 0 Å². The zero-order valence-electron chi connectivity index (χ0n) is 42.1. The quantitative estimate of drug-likeness (QED) is 0.0751. The second-order valence-corrected chi connectivity index (χ2v) is 21.8. The zero-order chi connectivity index (χ0) is 51.3. The fourth-order valence-electron chi connectivity index (χ4n) is 10.5. The number of thiazole rings is 1. The maximum absolute atomic E-state index is 14.3. The number of benzene rings is 3. The Morgan fingerprint density at radius 1 is 0.903 bits per heavy atom. The van der Waals surface area contributed by atoms with Gasteiger partial charge in [0.15, 0.2) is 0 Å². The molecule has 0 bridgehead atoms. The minimum atomic E-state index is -4.75. The molecule has 3 amide bonds. The second-order valence-electron chi connectivity index (χ2n) is 21.0. The molecule has 2 aromatic heterocycles. The number of piperidine rings is 1. The fourth-order valence-corrected chi connectivity index (χ4v) is 11.3. The molecule has 72 heavy (non-hydrogen) atoms. The lowest BCUT2D eigenvalue weighted by Crippen LogP contribution is -2.59. The third-order valence-electron chi connectivity index (χ3n) is 14.5. The Kier molecular flexibility index (Phi) is 16.8. The lowest BCUT2D eigenvalue weighted by Gasteiger charge is -2.39. The van der Waals surface area contributed by atoms with E-state index in [0.717, 1.165) is 122 Å². The molecule has 2 unspecified atom stereocenters. The lowest BCUT2D eigenvalue weighted by atomic mass is 9.85. The molecule has 4 atom stereocenters. The highest BCUT2D eigenvalue weighted by atomic mass is 32.1. The number of hydrogen-bond acceptors (Lipinski definition) is 11. The number of ether oxygens (including phenoxy) is 1. The number of aryl methyl sites for hydroxylation is 2. The average molecular weight is 1010 g/mol. The van der Waals surface area contributed by atoms with Gasteiger partial charge in [-0.2, -0.15) is 0 Å². The Bertz CT molecular complexity index is 2630. The van der Waals surface area contributed by atoms with Crippen LogP contribution < -0.4 is 21.1 Å². The molecule has 0 saturated carbocycles. The second kappa shape index (κ2) is 22.8. The van der Waals surface area contributed by atoms with E-state index in [1.165, 1.54) is 22.6 Å². The summed E-state index contributed by atoms with van der Waals surface area (Å²) in [6.07, 6.45) is -0.471.